The van der Waals surface area contributed by atoms with Crippen LogP contribution in [0, 0.1) is 12.7 Å². The second kappa shape index (κ2) is 5.05. The van der Waals surface area contributed by atoms with Gasteiger partial charge in [-0.05, 0) is 25.1 Å². The van der Waals surface area contributed by atoms with Crippen LogP contribution in [-0.4, -0.2) is 21.7 Å². The first-order chi connectivity index (χ1) is 11.2. The molecule has 0 aliphatic heterocycles. The summed E-state index contributed by atoms with van der Waals surface area (Å²) in [5, 5.41) is 5.55. The first kappa shape index (κ1) is 13.7. The van der Waals surface area contributed by atoms with Crippen molar-refractivity contribution in [1.82, 2.24) is 14.6 Å². The monoisotopic (exact) mass is 307 g/mol. The predicted octanol–water partition coefficient (Wildman–Crippen LogP) is 4.01. The van der Waals surface area contributed by atoms with Gasteiger partial charge in [0.1, 0.15) is 11.6 Å². The van der Waals surface area contributed by atoms with E-state index in [4.69, 9.17) is 4.74 Å². The van der Waals surface area contributed by atoms with E-state index >= 15 is 0 Å². The molecule has 2 aromatic heterocycles. The van der Waals surface area contributed by atoms with Gasteiger partial charge in [0.15, 0.2) is 5.65 Å². The standard InChI is InChI=1S/C18H14FN3O/c1-11-16(17-13(19)7-5-9-15(17)23-2)18-20-10-12-6-3-4-8-14(12)22(18)21-11/h3-10H,1-2H3. The van der Waals surface area contributed by atoms with E-state index in [1.54, 1.807) is 22.8 Å². The Morgan fingerprint density at radius 3 is 2.70 bits per heavy atom. The van der Waals surface area contributed by atoms with E-state index in [1.807, 2.05) is 31.2 Å². The topological polar surface area (TPSA) is 39.4 Å². The fourth-order valence-corrected chi connectivity index (χ4v) is 2.93. The Morgan fingerprint density at radius 2 is 1.87 bits per heavy atom. The van der Waals surface area contributed by atoms with Gasteiger partial charge in [0, 0.05) is 11.6 Å². The molecule has 5 heteroatoms. The van der Waals surface area contributed by atoms with Crippen LogP contribution in [0.4, 0.5) is 4.39 Å². The highest BCUT2D eigenvalue weighted by Gasteiger charge is 2.21. The minimum Gasteiger partial charge on any atom is -0.496 e. The lowest BCUT2D eigenvalue weighted by atomic mass is 10.0. The van der Waals surface area contributed by atoms with E-state index in [9.17, 15) is 4.39 Å². The van der Waals surface area contributed by atoms with Crippen LogP contribution in [0.15, 0.2) is 48.7 Å². The van der Waals surface area contributed by atoms with Gasteiger partial charge in [0.2, 0.25) is 0 Å². The minimum absolute atomic E-state index is 0.350. The molecular formula is C18H14FN3O. The van der Waals surface area contributed by atoms with Crippen molar-refractivity contribution in [2.24, 2.45) is 0 Å². The average Bonchev–Trinajstić information content (AvgIpc) is 2.91. The van der Waals surface area contributed by atoms with E-state index in [0.717, 1.165) is 10.9 Å². The van der Waals surface area contributed by atoms with Crippen molar-refractivity contribution in [2.45, 2.75) is 6.92 Å². The molecule has 0 radical (unpaired) electrons. The molecule has 2 heterocycles. The van der Waals surface area contributed by atoms with Crippen LogP contribution in [0.25, 0.3) is 27.7 Å². The molecule has 4 nitrogen and oxygen atoms in total. The number of rotatable bonds is 2. The van der Waals surface area contributed by atoms with Crippen LogP contribution in [0.3, 0.4) is 0 Å². The number of para-hydroxylation sites is 1. The van der Waals surface area contributed by atoms with Gasteiger partial charge in [-0.15, -0.1) is 0 Å². The summed E-state index contributed by atoms with van der Waals surface area (Å²) in [6.45, 7) is 1.85. The van der Waals surface area contributed by atoms with Crippen molar-refractivity contribution in [2.75, 3.05) is 7.11 Å². The molecule has 0 unspecified atom stereocenters. The molecule has 4 aromatic rings. The molecule has 0 atom stereocenters. The van der Waals surface area contributed by atoms with E-state index < -0.39 is 0 Å². The van der Waals surface area contributed by atoms with Crippen LogP contribution in [0.5, 0.6) is 5.75 Å². The van der Waals surface area contributed by atoms with Crippen LogP contribution < -0.4 is 4.74 Å². The number of aryl methyl sites for hydroxylation is 1. The molecule has 0 N–H and O–H groups in total. The highest BCUT2D eigenvalue weighted by atomic mass is 19.1. The lowest BCUT2D eigenvalue weighted by Crippen LogP contribution is -1.95. The Balaban J connectivity index is 2.13. The molecule has 0 amide bonds. The lowest BCUT2D eigenvalue weighted by Gasteiger charge is -2.09. The summed E-state index contributed by atoms with van der Waals surface area (Å²) in [7, 11) is 1.53. The molecule has 0 saturated carbocycles. The van der Waals surface area contributed by atoms with E-state index in [2.05, 4.69) is 10.1 Å². The van der Waals surface area contributed by atoms with Crippen molar-refractivity contribution >= 4 is 16.6 Å². The fraction of sp³-hybridized carbons (Fsp3) is 0.111. The average molecular weight is 307 g/mol. The molecule has 0 fully saturated rings. The summed E-state index contributed by atoms with van der Waals surface area (Å²) in [5.41, 5.74) is 3.31. The van der Waals surface area contributed by atoms with Crippen molar-refractivity contribution in [1.29, 1.82) is 0 Å². The fourth-order valence-electron chi connectivity index (χ4n) is 2.93. The quantitative estimate of drug-likeness (QED) is 0.562. The Bertz CT molecular complexity index is 1040. The van der Waals surface area contributed by atoms with Gasteiger partial charge in [0.05, 0.1) is 29.4 Å². The highest BCUT2D eigenvalue weighted by molar-refractivity contribution is 5.88. The molecule has 0 saturated heterocycles. The number of nitrogens with zero attached hydrogens (tertiary/aromatic N) is 3. The smallest absolute Gasteiger partial charge is 0.164 e. The Hall–Kier alpha value is -2.95. The lowest BCUT2D eigenvalue weighted by molar-refractivity contribution is 0.413. The van der Waals surface area contributed by atoms with Gasteiger partial charge in [-0.3, -0.25) is 0 Å². The van der Waals surface area contributed by atoms with Gasteiger partial charge in [-0.25, -0.2) is 13.9 Å². The second-order valence-corrected chi connectivity index (χ2v) is 5.33. The number of methoxy groups -OCH3 is 1. The first-order valence-electron chi connectivity index (χ1n) is 7.26. The number of aromatic nitrogens is 3. The summed E-state index contributed by atoms with van der Waals surface area (Å²) in [4.78, 5) is 4.50. The molecule has 0 aliphatic carbocycles. The molecule has 2 aromatic carbocycles. The third-order valence-electron chi connectivity index (χ3n) is 3.97. The van der Waals surface area contributed by atoms with Gasteiger partial charge in [-0.2, -0.15) is 5.10 Å². The van der Waals surface area contributed by atoms with Crippen LogP contribution in [0.1, 0.15) is 5.69 Å². The van der Waals surface area contributed by atoms with Crippen LogP contribution >= 0.6 is 0 Å². The molecule has 0 bridgehead atoms. The third kappa shape index (κ3) is 1.97. The molecule has 23 heavy (non-hydrogen) atoms. The number of hydrogen-bond acceptors (Lipinski definition) is 3. The summed E-state index contributed by atoms with van der Waals surface area (Å²) < 4.78 is 21.6. The zero-order chi connectivity index (χ0) is 16.0. The molecule has 0 aliphatic rings. The van der Waals surface area contributed by atoms with Gasteiger partial charge in [-0.1, -0.05) is 24.3 Å². The Kier molecular flexibility index (Phi) is 3.01. The predicted molar refractivity (Wildman–Crippen MR) is 87.2 cm³/mol. The summed E-state index contributed by atoms with van der Waals surface area (Å²) in [6.07, 6.45) is 1.78. The van der Waals surface area contributed by atoms with Crippen LogP contribution in [-0.2, 0) is 0 Å². The molecule has 4 rings (SSSR count). The van der Waals surface area contributed by atoms with Crippen LogP contribution in [0.2, 0.25) is 0 Å². The summed E-state index contributed by atoms with van der Waals surface area (Å²) in [6, 6.07) is 12.6. The third-order valence-corrected chi connectivity index (χ3v) is 3.97. The number of halogens is 1. The minimum atomic E-state index is -0.350. The zero-order valence-corrected chi connectivity index (χ0v) is 12.7. The maximum absolute atomic E-state index is 14.5. The van der Waals surface area contributed by atoms with E-state index in [1.165, 1.54) is 13.2 Å². The maximum atomic E-state index is 14.5. The number of benzene rings is 2. The Morgan fingerprint density at radius 1 is 1.04 bits per heavy atom. The number of fused-ring (bicyclic) bond motifs is 3. The maximum Gasteiger partial charge on any atom is 0.164 e. The number of ether oxygens (including phenoxy) is 1. The molecule has 114 valence electrons. The largest absolute Gasteiger partial charge is 0.496 e. The van der Waals surface area contributed by atoms with Crippen molar-refractivity contribution in [3.05, 3.63) is 60.2 Å². The first-order valence-corrected chi connectivity index (χ1v) is 7.26. The molecular weight excluding hydrogens is 293 g/mol. The second-order valence-electron chi connectivity index (χ2n) is 5.33. The SMILES string of the molecule is COc1cccc(F)c1-c1c(C)nn2c1ncc1ccccc12. The van der Waals surface area contributed by atoms with Gasteiger partial charge in [0.25, 0.3) is 0 Å². The van der Waals surface area contributed by atoms with Crippen molar-refractivity contribution in [3.63, 3.8) is 0 Å². The molecule has 0 spiro atoms. The van der Waals surface area contributed by atoms with E-state index in [0.29, 0.717) is 28.2 Å². The van der Waals surface area contributed by atoms with Gasteiger partial charge >= 0.3 is 0 Å². The van der Waals surface area contributed by atoms with Crippen molar-refractivity contribution < 1.29 is 9.13 Å². The summed E-state index contributed by atoms with van der Waals surface area (Å²) >= 11 is 0. The van der Waals surface area contributed by atoms with Gasteiger partial charge < -0.3 is 4.74 Å². The highest BCUT2D eigenvalue weighted by Crippen LogP contribution is 2.37. The number of hydrogen-bond donors (Lipinski definition) is 0. The van der Waals surface area contributed by atoms with Crippen molar-refractivity contribution in [3.8, 4) is 16.9 Å². The Labute approximate surface area is 132 Å². The van der Waals surface area contributed by atoms with E-state index in [-0.39, 0.29) is 5.82 Å². The zero-order valence-electron chi connectivity index (χ0n) is 12.7. The normalized spacial score (nSPS) is 11.3. The summed E-state index contributed by atoms with van der Waals surface area (Å²) in [5.74, 6) is 0.121.